The SMILES string of the molecule is Cc1ccc(-c2cc(C(=O)NCc3ccc(C(F)(F)F)nc3)cc(C(=O)N3CCCC3)c2)c(N)c1. The molecular weight excluding hydrogens is 457 g/mol. The molecule has 9 heteroatoms. The van der Waals surface area contributed by atoms with Gasteiger partial charge in [0, 0.05) is 48.2 Å². The molecule has 1 saturated heterocycles. The number of hydrogen-bond donors (Lipinski definition) is 2. The van der Waals surface area contributed by atoms with Crippen molar-refractivity contribution >= 4 is 17.5 Å². The molecule has 6 nitrogen and oxygen atoms in total. The van der Waals surface area contributed by atoms with E-state index < -0.39 is 17.8 Å². The monoisotopic (exact) mass is 482 g/mol. The second kappa shape index (κ2) is 9.77. The summed E-state index contributed by atoms with van der Waals surface area (Å²) in [6.07, 6.45) is -1.58. The van der Waals surface area contributed by atoms with Gasteiger partial charge in [-0.05, 0) is 66.8 Å². The first-order chi connectivity index (χ1) is 16.6. The van der Waals surface area contributed by atoms with Crippen LogP contribution in [0.3, 0.4) is 0 Å². The molecule has 0 radical (unpaired) electrons. The summed E-state index contributed by atoms with van der Waals surface area (Å²) in [7, 11) is 0. The van der Waals surface area contributed by atoms with Crippen LogP contribution in [0, 0.1) is 6.92 Å². The Morgan fingerprint density at radius 1 is 1.03 bits per heavy atom. The van der Waals surface area contributed by atoms with Gasteiger partial charge in [-0.15, -0.1) is 0 Å². The van der Waals surface area contributed by atoms with Crippen molar-refractivity contribution < 1.29 is 22.8 Å². The summed E-state index contributed by atoms with van der Waals surface area (Å²) in [6, 6.07) is 12.6. The maximum atomic E-state index is 13.1. The highest BCUT2D eigenvalue weighted by Gasteiger charge is 2.32. The standard InChI is InChI=1S/C26H25F3N4O2/c1-16-4-6-21(22(30)10-16)18-11-19(13-20(12-18)25(35)33-8-2-3-9-33)24(34)32-15-17-5-7-23(31-14-17)26(27,28)29/h4-7,10-14H,2-3,8-9,15,30H2,1H3,(H,32,34). The van der Waals surface area contributed by atoms with Crippen molar-refractivity contribution in [2.24, 2.45) is 0 Å². The first-order valence-electron chi connectivity index (χ1n) is 11.2. The van der Waals surface area contributed by atoms with Gasteiger partial charge in [0.25, 0.3) is 11.8 Å². The normalized spacial score (nSPS) is 13.7. The zero-order valence-corrected chi connectivity index (χ0v) is 19.2. The number of nitrogens with one attached hydrogen (secondary N) is 1. The summed E-state index contributed by atoms with van der Waals surface area (Å²) in [5, 5.41) is 2.70. The van der Waals surface area contributed by atoms with Crippen LogP contribution in [0.4, 0.5) is 18.9 Å². The Labute approximate surface area is 201 Å². The number of hydrogen-bond acceptors (Lipinski definition) is 4. The van der Waals surface area contributed by atoms with E-state index in [2.05, 4.69) is 10.3 Å². The molecule has 1 fully saturated rings. The van der Waals surface area contributed by atoms with Crippen molar-refractivity contribution in [1.29, 1.82) is 0 Å². The zero-order chi connectivity index (χ0) is 25.2. The van der Waals surface area contributed by atoms with E-state index in [-0.39, 0.29) is 18.0 Å². The third-order valence-electron chi connectivity index (χ3n) is 5.92. The number of pyridine rings is 1. The number of rotatable bonds is 5. The van der Waals surface area contributed by atoms with Gasteiger partial charge >= 0.3 is 6.18 Å². The Hall–Kier alpha value is -3.88. The molecule has 2 heterocycles. The molecule has 0 aliphatic carbocycles. The number of carbonyl (C=O) groups excluding carboxylic acids is 2. The van der Waals surface area contributed by atoms with Crippen LogP contribution < -0.4 is 11.1 Å². The van der Waals surface area contributed by atoms with E-state index in [1.807, 2.05) is 25.1 Å². The van der Waals surface area contributed by atoms with E-state index in [0.29, 0.717) is 41.0 Å². The first-order valence-corrected chi connectivity index (χ1v) is 11.2. The fraction of sp³-hybridized carbons (Fsp3) is 0.269. The molecule has 0 spiro atoms. The van der Waals surface area contributed by atoms with Gasteiger partial charge in [-0.1, -0.05) is 18.2 Å². The van der Waals surface area contributed by atoms with Crippen LogP contribution in [0.5, 0.6) is 0 Å². The minimum absolute atomic E-state index is 0.0176. The summed E-state index contributed by atoms with van der Waals surface area (Å²) in [5.74, 6) is -0.621. The topological polar surface area (TPSA) is 88.3 Å². The number of nitrogens with zero attached hydrogens (tertiary/aromatic N) is 2. The molecule has 4 rings (SSSR count). The number of anilines is 1. The molecule has 0 unspecified atom stereocenters. The van der Waals surface area contributed by atoms with Crippen LogP contribution in [0.25, 0.3) is 11.1 Å². The van der Waals surface area contributed by atoms with E-state index in [1.54, 1.807) is 17.0 Å². The summed E-state index contributed by atoms with van der Waals surface area (Å²) >= 11 is 0. The third-order valence-corrected chi connectivity index (χ3v) is 5.92. The van der Waals surface area contributed by atoms with Gasteiger partial charge in [-0.3, -0.25) is 14.6 Å². The average molecular weight is 483 g/mol. The maximum Gasteiger partial charge on any atom is 0.433 e. The Kier molecular flexibility index (Phi) is 6.77. The number of alkyl halides is 3. The van der Waals surface area contributed by atoms with Crippen molar-refractivity contribution in [2.45, 2.75) is 32.5 Å². The van der Waals surface area contributed by atoms with E-state index in [1.165, 1.54) is 12.1 Å². The van der Waals surface area contributed by atoms with Crippen molar-refractivity contribution in [2.75, 3.05) is 18.8 Å². The highest BCUT2D eigenvalue weighted by molar-refractivity contribution is 6.02. The van der Waals surface area contributed by atoms with Crippen molar-refractivity contribution in [3.8, 4) is 11.1 Å². The molecule has 0 saturated carbocycles. The highest BCUT2D eigenvalue weighted by Crippen LogP contribution is 2.30. The van der Waals surface area contributed by atoms with Gasteiger partial charge in [-0.2, -0.15) is 13.2 Å². The van der Waals surface area contributed by atoms with Gasteiger partial charge in [-0.25, -0.2) is 0 Å². The molecule has 1 aliphatic rings. The molecular formula is C26H25F3N4O2. The lowest BCUT2D eigenvalue weighted by molar-refractivity contribution is -0.141. The summed E-state index contributed by atoms with van der Waals surface area (Å²) < 4.78 is 38.2. The van der Waals surface area contributed by atoms with E-state index in [9.17, 15) is 22.8 Å². The van der Waals surface area contributed by atoms with Crippen LogP contribution >= 0.6 is 0 Å². The minimum Gasteiger partial charge on any atom is -0.398 e. The summed E-state index contributed by atoms with van der Waals surface area (Å²) in [4.78, 5) is 31.3. The quantitative estimate of drug-likeness (QED) is 0.510. The third kappa shape index (κ3) is 5.62. The van der Waals surface area contributed by atoms with Crippen LogP contribution in [0.15, 0.2) is 54.7 Å². The number of nitrogens with two attached hydrogens (primary N) is 1. The number of carbonyl (C=O) groups is 2. The molecule has 0 atom stereocenters. The highest BCUT2D eigenvalue weighted by atomic mass is 19.4. The molecule has 2 amide bonds. The fourth-order valence-electron chi connectivity index (χ4n) is 4.07. The summed E-state index contributed by atoms with van der Waals surface area (Å²) in [5.41, 5.74) is 9.12. The maximum absolute atomic E-state index is 13.1. The number of likely N-dealkylation sites (tertiary alicyclic amines) is 1. The predicted molar refractivity (Wildman–Crippen MR) is 127 cm³/mol. The van der Waals surface area contributed by atoms with Gasteiger partial charge in [0.2, 0.25) is 0 Å². The summed E-state index contributed by atoms with van der Waals surface area (Å²) in [6.45, 7) is 3.23. The Morgan fingerprint density at radius 2 is 1.74 bits per heavy atom. The molecule has 182 valence electrons. The largest absolute Gasteiger partial charge is 0.433 e. The zero-order valence-electron chi connectivity index (χ0n) is 19.2. The molecule has 1 aliphatic heterocycles. The van der Waals surface area contributed by atoms with Crippen molar-refractivity contribution in [3.63, 3.8) is 0 Å². The van der Waals surface area contributed by atoms with Crippen molar-refractivity contribution in [1.82, 2.24) is 15.2 Å². The molecule has 0 bridgehead atoms. The number of aryl methyl sites for hydroxylation is 1. The first kappa shape index (κ1) is 24.3. The average Bonchev–Trinajstić information content (AvgIpc) is 3.36. The minimum atomic E-state index is -4.53. The second-order valence-electron chi connectivity index (χ2n) is 8.62. The van der Waals surface area contributed by atoms with Gasteiger partial charge in [0.1, 0.15) is 5.69 Å². The lowest BCUT2D eigenvalue weighted by atomic mass is 9.96. The Bertz CT molecular complexity index is 1250. The van der Waals surface area contributed by atoms with E-state index in [0.717, 1.165) is 30.7 Å². The van der Waals surface area contributed by atoms with Gasteiger partial charge in [0.15, 0.2) is 0 Å². The molecule has 3 aromatic rings. The predicted octanol–water partition coefficient (Wildman–Crippen LogP) is 4.82. The Morgan fingerprint density at radius 3 is 2.37 bits per heavy atom. The lowest BCUT2D eigenvalue weighted by Crippen LogP contribution is -2.28. The number of halogens is 3. The number of benzene rings is 2. The van der Waals surface area contributed by atoms with E-state index >= 15 is 0 Å². The van der Waals surface area contributed by atoms with Gasteiger partial charge < -0.3 is 16.0 Å². The fourth-order valence-corrected chi connectivity index (χ4v) is 4.07. The second-order valence-corrected chi connectivity index (χ2v) is 8.62. The molecule has 35 heavy (non-hydrogen) atoms. The Balaban J connectivity index is 1.61. The van der Waals surface area contributed by atoms with Crippen LogP contribution in [-0.4, -0.2) is 34.8 Å². The lowest BCUT2D eigenvalue weighted by Gasteiger charge is -2.17. The molecule has 2 aromatic carbocycles. The number of nitrogen functional groups attached to an aromatic ring is 1. The van der Waals surface area contributed by atoms with Crippen molar-refractivity contribution in [3.05, 3.63) is 82.7 Å². The van der Waals surface area contributed by atoms with Crippen LogP contribution in [0.1, 0.15) is 50.4 Å². The van der Waals surface area contributed by atoms with Gasteiger partial charge in [0.05, 0.1) is 0 Å². The smallest absolute Gasteiger partial charge is 0.398 e. The van der Waals surface area contributed by atoms with Crippen LogP contribution in [0.2, 0.25) is 0 Å². The van der Waals surface area contributed by atoms with Crippen LogP contribution in [-0.2, 0) is 12.7 Å². The molecule has 1 aromatic heterocycles. The number of amides is 2. The molecule has 3 N–H and O–H groups in total. The van der Waals surface area contributed by atoms with E-state index in [4.69, 9.17) is 5.73 Å². The number of aromatic nitrogens is 1.